The van der Waals surface area contributed by atoms with Gasteiger partial charge >= 0.3 is 0 Å². The highest BCUT2D eigenvalue weighted by Crippen LogP contribution is 2.22. The van der Waals surface area contributed by atoms with Crippen LogP contribution in [0.1, 0.15) is 35.2 Å². The zero-order valence-corrected chi connectivity index (χ0v) is 12.6. The molecule has 4 heteroatoms. The topological polar surface area (TPSA) is 55.2 Å². The van der Waals surface area contributed by atoms with Crippen molar-refractivity contribution in [2.24, 2.45) is 0 Å². The average Bonchev–Trinajstić information content (AvgIpc) is 2.45. The van der Waals surface area contributed by atoms with Gasteiger partial charge in [0.1, 0.15) is 0 Å². The molecule has 0 aliphatic rings. The van der Waals surface area contributed by atoms with Crippen molar-refractivity contribution < 1.29 is 4.92 Å². The van der Waals surface area contributed by atoms with Crippen molar-refractivity contribution in [3.8, 4) is 0 Å². The largest absolute Gasteiger partial charge is 0.306 e. The summed E-state index contributed by atoms with van der Waals surface area (Å²) in [6.45, 7) is 6.58. The number of hydrogen-bond acceptors (Lipinski definition) is 3. The molecular formula is C17H20N2O2. The number of benzene rings is 2. The average molecular weight is 284 g/mol. The lowest BCUT2D eigenvalue weighted by atomic mass is 10.0. The molecule has 21 heavy (non-hydrogen) atoms. The summed E-state index contributed by atoms with van der Waals surface area (Å²) >= 11 is 0. The van der Waals surface area contributed by atoms with Crippen LogP contribution in [-0.4, -0.2) is 4.92 Å². The number of aryl methyl sites for hydroxylation is 1. The Hall–Kier alpha value is -2.20. The van der Waals surface area contributed by atoms with E-state index in [-0.39, 0.29) is 16.7 Å². The van der Waals surface area contributed by atoms with Crippen LogP contribution >= 0.6 is 0 Å². The standard InChI is InChI=1S/C17H20N2O2/c1-12-6-4-7-15(10-12)14(3)18-11-16-8-5-9-17(13(16)2)19(20)21/h4-10,14,18H,11H2,1-3H3/t14-/m1/s1. The highest BCUT2D eigenvalue weighted by atomic mass is 16.6. The quantitative estimate of drug-likeness (QED) is 0.665. The van der Waals surface area contributed by atoms with E-state index in [0.717, 1.165) is 11.1 Å². The molecule has 0 aliphatic carbocycles. The van der Waals surface area contributed by atoms with Gasteiger partial charge in [-0.1, -0.05) is 42.0 Å². The fraction of sp³-hybridized carbons (Fsp3) is 0.294. The number of nitro benzene ring substituents is 1. The summed E-state index contributed by atoms with van der Waals surface area (Å²) in [6.07, 6.45) is 0. The maximum Gasteiger partial charge on any atom is 0.272 e. The molecule has 0 heterocycles. The van der Waals surface area contributed by atoms with Gasteiger partial charge in [0.2, 0.25) is 0 Å². The molecule has 0 aliphatic heterocycles. The monoisotopic (exact) mass is 284 g/mol. The number of rotatable bonds is 5. The molecule has 2 aromatic rings. The van der Waals surface area contributed by atoms with E-state index in [4.69, 9.17) is 0 Å². The van der Waals surface area contributed by atoms with Gasteiger partial charge in [-0.15, -0.1) is 0 Å². The molecule has 0 bridgehead atoms. The molecule has 1 atom stereocenters. The van der Waals surface area contributed by atoms with Crippen LogP contribution in [0.4, 0.5) is 5.69 Å². The maximum absolute atomic E-state index is 11.0. The third-order valence-electron chi connectivity index (χ3n) is 3.75. The predicted molar refractivity (Wildman–Crippen MR) is 84.3 cm³/mol. The molecule has 0 aromatic heterocycles. The lowest BCUT2D eigenvalue weighted by Crippen LogP contribution is -2.18. The third-order valence-corrected chi connectivity index (χ3v) is 3.75. The fourth-order valence-electron chi connectivity index (χ4n) is 2.38. The summed E-state index contributed by atoms with van der Waals surface area (Å²) in [6, 6.07) is 13.8. The smallest absolute Gasteiger partial charge is 0.272 e. The van der Waals surface area contributed by atoms with Gasteiger partial charge in [-0.05, 0) is 31.9 Å². The molecule has 0 saturated carbocycles. The van der Waals surface area contributed by atoms with Gasteiger partial charge < -0.3 is 5.32 Å². The van der Waals surface area contributed by atoms with Crippen molar-refractivity contribution in [1.82, 2.24) is 5.32 Å². The van der Waals surface area contributed by atoms with Crippen molar-refractivity contribution >= 4 is 5.69 Å². The Kier molecular flexibility index (Phi) is 4.70. The Balaban J connectivity index is 2.10. The SMILES string of the molecule is Cc1cccc([C@@H](C)NCc2cccc([N+](=O)[O-])c2C)c1. The third kappa shape index (κ3) is 3.67. The Morgan fingerprint density at radius 1 is 1.19 bits per heavy atom. The van der Waals surface area contributed by atoms with Gasteiger partial charge in [-0.2, -0.15) is 0 Å². The molecule has 110 valence electrons. The van der Waals surface area contributed by atoms with Crippen LogP contribution in [0, 0.1) is 24.0 Å². The number of nitrogens with one attached hydrogen (secondary N) is 1. The molecule has 0 spiro atoms. The van der Waals surface area contributed by atoms with Gasteiger partial charge in [-0.3, -0.25) is 10.1 Å². The predicted octanol–water partition coefficient (Wildman–Crippen LogP) is 4.06. The zero-order chi connectivity index (χ0) is 15.4. The number of nitro groups is 1. The summed E-state index contributed by atoms with van der Waals surface area (Å²) < 4.78 is 0. The first-order valence-electron chi connectivity index (χ1n) is 7.02. The Morgan fingerprint density at radius 3 is 2.57 bits per heavy atom. The highest BCUT2D eigenvalue weighted by Gasteiger charge is 2.13. The van der Waals surface area contributed by atoms with E-state index in [1.54, 1.807) is 19.1 Å². The minimum Gasteiger partial charge on any atom is -0.306 e. The van der Waals surface area contributed by atoms with E-state index >= 15 is 0 Å². The number of nitrogens with zero attached hydrogens (tertiary/aromatic N) is 1. The van der Waals surface area contributed by atoms with Crippen molar-refractivity contribution in [3.63, 3.8) is 0 Å². The molecule has 0 radical (unpaired) electrons. The van der Waals surface area contributed by atoms with Crippen LogP contribution in [0.3, 0.4) is 0 Å². The van der Waals surface area contributed by atoms with E-state index < -0.39 is 0 Å². The van der Waals surface area contributed by atoms with E-state index in [2.05, 4.69) is 37.4 Å². The first kappa shape index (κ1) is 15.2. The molecule has 1 N–H and O–H groups in total. The van der Waals surface area contributed by atoms with E-state index in [9.17, 15) is 10.1 Å². The first-order valence-corrected chi connectivity index (χ1v) is 7.02. The summed E-state index contributed by atoms with van der Waals surface area (Å²) in [5.41, 5.74) is 4.32. The van der Waals surface area contributed by atoms with Crippen molar-refractivity contribution in [2.45, 2.75) is 33.4 Å². The maximum atomic E-state index is 11.0. The van der Waals surface area contributed by atoms with Crippen LogP contribution in [0.25, 0.3) is 0 Å². The van der Waals surface area contributed by atoms with Gasteiger partial charge in [0.15, 0.2) is 0 Å². The second-order valence-corrected chi connectivity index (χ2v) is 5.34. The second kappa shape index (κ2) is 6.50. The second-order valence-electron chi connectivity index (χ2n) is 5.34. The van der Waals surface area contributed by atoms with Gasteiger partial charge in [0, 0.05) is 24.2 Å². The first-order chi connectivity index (χ1) is 9.99. The zero-order valence-electron chi connectivity index (χ0n) is 12.6. The van der Waals surface area contributed by atoms with E-state index in [1.165, 1.54) is 11.1 Å². The van der Waals surface area contributed by atoms with Crippen LogP contribution in [0.5, 0.6) is 0 Å². The lowest BCUT2D eigenvalue weighted by molar-refractivity contribution is -0.385. The summed E-state index contributed by atoms with van der Waals surface area (Å²) in [7, 11) is 0. The van der Waals surface area contributed by atoms with Crippen LogP contribution in [0.2, 0.25) is 0 Å². The Labute approximate surface area is 125 Å². The molecular weight excluding hydrogens is 264 g/mol. The molecule has 2 rings (SSSR count). The van der Waals surface area contributed by atoms with Gasteiger partial charge in [0.25, 0.3) is 5.69 Å². The molecule has 0 fully saturated rings. The van der Waals surface area contributed by atoms with Crippen molar-refractivity contribution in [1.29, 1.82) is 0 Å². The van der Waals surface area contributed by atoms with Crippen LogP contribution < -0.4 is 5.32 Å². The molecule has 0 saturated heterocycles. The Morgan fingerprint density at radius 2 is 1.90 bits per heavy atom. The summed E-state index contributed by atoms with van der Waals surface area (Å²) in [5.74, 6) is 0. The van der Waals surface area contributed by atoms with Crippen LogP contribution in [-0.2, 0) is 6.54 Å². The Bertz CT molecular complexity index is 653. The van der Waals surface area contributed by atoms with Gasteiger partial charge in [-0.25, -0.2) is 0 Å². The minimum absolute atomic E-state index is 0.178. The molecule has 2 aromatic carbocycles. The fourth-order valence-corrected chi connectivity index (χ4v) is 2.38. The van der Waals surface area contributed by atoms with E-state index in [1.807, 2.05) is 12.1 Å². The molecule has 4 nitrogen and oxygen atoms in total. The van der Waals surface area contributed by atoms with Crippen LogP contribution in [0.15, 0.2) is 42.5 Å². The van der Waals surface area contributed by atoms with Gasteiger partial charge in [0.05, 0.1) is 4.92 Å². The normalized spacial score (nSPS) is 12.1. The lowest BCUT2D eigenvalue weighted by Gasteiger charge is -2.16. The molecule has 0 amide bonds. The summed E-state index contributed by atoms with van der Waals surface area (Å²) in [4.78, 5) is 10.6. The number of hydrogen-bond donors (Lipinski definition) is 1. The summed E-state index contributed by atoms with van der Waals surface area (Å²) in [5, 5.41) is 14.4. The van der Waals surface area contributed by atoms with Crippen molar-refractivity contribution in [3.05, 3.63) is 74.8 Å². The highest BCUT2D eigenvalue weighted by molar-refractivity contribution is 5.44. The molecule has 0 unspecified atom stereocenters. The minimum atomic E-state index is -0.331. The van der Waals surface area contributed by atoms with E-state index in [0.29, 0.717) is 6.54 Å². The van der Waals surface area contributed by atoms with Crippen molar-refractivity contribution in [2.75, 3.05) is 0 Å².